The molecule has 0 aromatic heterocycles. The second kappa shape index (κ2) is 6.12. The normalized spacial score (nSPS) is 15.7. The summed E-state index contributed by atoms with van der Waals surface area (Å²) in [5.74, 6) is -1.05. The maximum atomic E-state index is 14.0. The van der Waals surface area contributed by atoms with Crippen LogP contribution in [0.25, 0.3) is 0 Å². The highest BCUT2D eigenvalue weighted by Gasteiger charge is 2.17. The van der Waals surface area contributed by atoms with Crippen LogP contribution in [0.4, 0.5) is 4.39 Å². The number of nitrogens with one attached hydrogen (secondary N) is 1. The number of hydroxylamine groups is 1. The summed E-state index contributed by atoms with van der Waals surface area (Å²) < 4.78 is 14.0. The van der Waals surface area contributed by atoms with Gasteiger partial charge in [-0.1, -0.05) is 6.92 Å². The smallest absolute Gasteiger partial charge is 0.274 e. The molecule has 1 aliphatic rings. The lowest BCUT2D eigenvalue weighted by atomic mass is 10.00. The Hall–Kier alpha value is -1.46. The van der Waals surface area contributed by atoms with Crippen molar-refractivity contribution in [2.75, 3.05) is 13.1 Å². The number of carbonyl (C=O) groups excluding carboxylic acids is 1. The average Bonchev–Trinajstić information content (AvgIpc) is 2.90. The van der Waals surface area contributed by atoms with E-state index >= 15 is 0 Å². The van der Waals surface area contributed by atoms with E-state index < -0.39 is 5.91 Å². The summed E-state index contributed by atoms with van der Waals surface area (Å²) in [5, 5.41) is 8.65. The molecule has 1 aromatic rings. The Kier molecular flexibility index (Phi) is 4.50. The Morgan fingerprint density at radius 1 is 1.42 bits per heavy atom. The summed E-state index contributed by atoms with van der Waals surface area (Å²) in [6.07, 6.45) is 2.93. The molecule has 2 rings (SSSR count). The van der Waals surface area contributed by atoms with Crippen LogP contribution in [0.1, 0.15) is 41.3 Å². The number of nitrogens with zero attached hydrogens (tertiary/aromatic N) is 1. The van der Waals surface area contributed by atoms with Gasteiger partial charge in [-0.2, -0.15) is 0 Å². The van der Waals surface area contributed by atoms with Crippen molar-refractivity contribution in [1.82, 2.24) is 10.4 Å². The van der Waals surface area contributed by atoms with Gasteiger partial charge in [0.15, 0.2) is 0 Å². The molecule has 0 aliphatic carbocycles. The molecule has 4 nitrogen and oxygen atoms in total. The molecule has 0 unspecified atom stereocenters. The summed E-state index contributed by atoms with van der Waals surface area (Å²) in [5.41, 5.74) is 3.20. The Morgan fingerprint density at radius 3 is 2.68 bits per heavy atom. The molecule has 1 amide bonds. The second-order valence-corrected chi connectivity index (χ2v) is 4.87. The van der Waals surface area contributed by atoms with Crippen LogP contribution in [0.15, 0.2) is 12.1 Å². The standard InChI is InChI=1S/C14H19FN2O2/c1-2-12-11(9-17-5-3-4-6-17)7-10(8-13(12)15)14(18)16-19/h7-8,19H,2-6,9H2,1H3,(H,16,18). The van der Waals surface area contributed by atoms with E-state index in [9.17, 15) is 9.18 Å². The van der Waals surface area contributed by atoms with Gasteiger partial charge in [-0.3, -0.25) is 14.9 Å². The fourth-order valence-corrected chi connectivity index (χ4v) is 2.61. The van der Waals surface area contributed by atoms with Crippen molar-refractivity contribution in [2.45, 2.75) is 32.7 Å². The zero-order valence-corrected chi connectivity index (χ0v) is 11.1. The Bertz CT molecular complexity index is 471. The monoisotopic (exact) mass is 266 g/mol. The van der Waals surface area contributed by atoms with Crippen molar-refractivity contribution in [1.29, 1.82) is 0 Å². The number of amides is 1. The molecule has 1 aromatic carbocycles. The molecular weight excluding hydrogens is 247 g/mol. The average molecular weight is 266 g/mol. The zero-order chi connectivity index (χ0) is 13.8. The van der Waals surface area contributed by atoms with Crippen molar-refractivity contribution in [2.24, 2.45) is 0 Å². The molecule has 2 N–H and O–H groups in total. The van der Waals surface area contributed by atoms with E-state index in [2.05, 4.69) is 4.90 Å². The number of carbonyl (C=O) groups is 1. The van der Waals surface area contributed by atoms with Crippen molar-refractivity contribution in [3.8, 4) is 0 Å². The van der Waals surface area contributed by atoms with Crippen LogP contribution >= 0.6 is 0 Å². The molecule has 1 heterocycles. The number of likely N-dealkylation sites (tertiary alicyclic amines) is 1. The van der Waals surface area contributed by atoms with Gasteiger partial charge in [0.2, 0.25) is 0 Å². The van der Waals surface area contributed by atoms with E-state index in [0.29, 0.717) is 18.5 Å². The third-order valence-corrected chi connectivity index (χ3v) is 3.60. The highest BCUT2D eigenvalue weighted by atomic mass is 19.1. The van der Waals surface area contributed by atoms with Crippen LogP contribution < -0.4 is 5.48 Å². The minimum atomic E-state index is -0.677. The van der Waals surface area contributed by atoms with E-state index in [-0.39, 0.29) is 11.4 Å². The Morgan fingerprint density at radius 2 is 2.11 bits per heavy atom. The fourth-order valence-electron chi connectivity index (χ4n) is 2.61. The maximum Gasteiger partial charge on any atom is 0.274 e. The maximum absolute atomic E-state index is 14.0. The number of halogens is 1. The molecule has 0 spiro atoms. The molecule has 5 heteroatoms. The highest BCUT2D eigenvalue weighted by Crippen LogP contribution is 2.21. The first-order valence-electron chi connectivity index (χ1n) is 6.63. The fraction of sp³-hybridized carbons (Fsp3) is 0.500. The van der Waals surface area contributed by atoms with Crippen LogP contribution in [0.3, 0.4) is 0 Å². The molecule has 0 radical (unpaired) electrons. The number of hydrogen-bond acceptors (Lipinski definition) is 3. The Labute approximate surface area is 112 Å². The van der Waals surface area contributed by atoms with Gasteiger partial charge in [0, 0.05) is 12.1 Å². The van der Waals surface area contributed by atoms with Gasteiger partial charge < -0.3 is 0 Å². The highest BCUT2D eigenvalue weighted by molar-refractivity contribution is 5.93. The van der Waals surface area contributed by atoms with Gasteiger partial charge in [0.25, 0.3) is 5.91 Å². The van der Waals surface area contributed by atoms with E-state index in [1.165, 1.54) is 18.9 Å². The van der Waals surface area contributed by atoms with Gasteiger partial charge >= 0.3 is 0 Å². The molecule has 0 saturated carbocycles. The van der Waals surface area contributed by atoms with E-state index in [1.54, 1.807) is 11.5 Å². The molecule has 1 fully saturated rings. The number of rotatable bonds is 4. The minimum Gasteiger partial charge on any atom is -0.299 e. The third kappa shape index (κ3) is 3.11. The van der Waals surface area contributed by atoms with Gasteiger partial charge in [-0.25, -0.2) is 9.87 Å². The van der Waals surface area contributed by atoms with E-state index in [0.717, 1.165) is 18.7 Å². The molecule has 1 saturated heterocycles. The summed E-state index contributed by atoms with van der Waals surface area (Å²) >= 11 is 0. The second-order valence-electron chi connectivity index (χ2n) is 4.87. The lowest BCUT2D eigenvalue weighted by Gasteiger charge is -2.18. The first-order chi connectivity index (χ1) is 9.15. The lowest BCUT2D eigenvalue weighted by molar-refractivity contribution is 0.0705. The van der Waals surface area contributed by atoms with Crippen LogP contribution in [-0.4, -0.2) is 29.1 Å². The number of hydrogen-bond donors (Lipinski definition) is 2. The van der Waals surface area contributed by atoms with Crippen molar-refractivity contribution in [3.63, 3.8) is 0 Å². The summed E-state index contributed by atoms with van der Waals surface area (Å²) in [4.78, 5) is 13.7. The van der Waals surface area contributed by atoms with E-state index in [1.807, 2.05) is 6.92 Å². The molecule has 19 heavy (non-hydrogen) atoms. The van der Waals surface area contributed by atoms with Gasteiger partial charge in [-0.15, -0.1) is 0 Å². The van der Waals surface area contributed by atoms with Gasteiger partial charge in [0.1, 0.15) is 5.82 Å². The summed E-state index contributed by atoms with van der Waals surface area (Å²) in [6.45, 7) is 4.59. The summed E-state index contributed by atoms with van der Waals surface area (Å²) in [7, 11) is 0. The van der Waals surface area contributed by atoms with Crippen molar-refractivity contribution < 1.29 is 14.4 Å². The lowest BCUT2D eigenvalue weighted by Crippen LogP contribution is -2.22. The van der Waals surface area contributed by atoms with Crippen LogP contribution in [-0.2, 0) is 13.0 Å². The SMILES string of the molecule is CCc1c(F)cc(C(=O)NO)cc1CN1CCCC1. The largest absolute Gasteiger partial charge is 0.299 e. The van der Waals surface area contributed by atoms with Gasteiger partial charge in [-0.05, 0) is 55.6 Å². The van der Waals surface area contributed by atoms with Crippen LogP contribution in [0.2, 0.25) is 0 Å². The van der Waals surface area contributed by atoms with Crippen molar-refractivity contribution in [3.05, 3.63) is 34.6 Å². The Balaban J connectivity index is 2.31. The first-order valence-corrected chi connectivity index (χ1v) is 6.63. The zero-order valence-electron chi connectivity index (χ0n) is 11.1. The topological polar surface area (TPSA) is 52.6 Å². The van der Waals surface area contributed by atoms with Crippen molar-refractivity contribution >= 4 is 5.91 Å². The van der Waals surface area contributed by atoms with E-state index in [4.69, 9.17) is 5.21 Å². The summed E-state index contributed by atoms with van der Waals surface area (Å²) in [6, 6.07) is 2.85. The van der Waals surface area contributed by atoms with Gasteiger partial charge in [0.05, 0.1) is 0 Å². The molecular formula is C14H19FN2O2. The quantitative estimate of drug-likeness (QED) is 0.648. The minimum absolute atomic E-state index is 0.159. The predicted octanol–water partition coefficient (Wildman–Crippen LogP) is 2.10. The molecule has 104 valence electrons. The first kappa shape index (κ1) is 14.0. The molecule has 1 aliphatic heterocycles. The molecule has 0 atom stereocenters. The third-order valence-electron chi connectivity index (χ3n) is 3.60. The van der Waals surface area contributed by atoms with Crippen LogP contribution in [0.5, 0.6) is 0 Å². The molecule has 0 bridgehead atoms. The van der Waals surface area contributed by atoms with Crippen LogP contribution in [0, 0.1) is 5.82 Å². The predicted molar refractivity (Wildman–Crippen MR) is 69.5 cm³/mol. The number of benzene rings is 1.